The molecule has 2 aromatic carbocycles. The first-order chi connectivity index (χ1) is 18.3. The van der Waals surface area contributed by atoms with Crippen molar-refractivity contribution in [2.24, 2.45) is 11.1 Å². The maximum absolute atomic E-state index is 12.9. The summed E-state index contributed by atoms with van der Waals surface area (Å²) >= 11 is 19.8. The lowest BCUT2D eigenvalue weighted by Crippen LogP contribution is -2.41. The SMILES string of the molecule is CC(=NOCC(=O)N1CCC([C@H]2c3ncc(Br)cc3CCc3cc(Cl)cc(Br)c32)CC1)c1ccc(Cl)cc1. The Labute approximate surface area is 249 Å². The molecule has 9 heteroatoms. The monoisotopic (exact) mass is 677 g/mol. The summed E-state index contributed by atoms with van der Waals surface area (Å²) in [5, 5.41) is 5.53. The second-order valence-corrected chi connectivity index (χ2v) is 12.5. The molecule has 38 heavy (non-hydrogen) atoms. The third-order valence-corrected chi connectivity index (χ3v) is 8.99. The number of aryl methyl sites for hydroxylation is 2. The van der Waals surface area contributed by atoms with E-state index in [2.05, 4.69) is 49.1 Å². The van der Waals surface area contributed by atoms with Gasteiger partial charge in [-0.05, 0) is 107 Å². The normalized spacial score (nSPS) is 18.0. The van der Waals surface area contributed by atoms with E-state index in [4.69, 9.17) is 33.0 Å². The Kier molecular flexibility index (Phi) is 8.78. The number of amides is 1. The van der Waals surface area contributed by atoms with Crippen LogP contribution >= 0.6 is 55.1 Å². The van der Waals surface area contributed by atoms with E-state index < -0.39 is 0 Å². The minimum absolute atomic E-state index is 0.0483. The van der Waals surface area contributed by atoms with Crippen molar-refractivity contribution < 1.29 is 9.63 Å². The lowest BCUT2D eigenvalue weighted by molar-refractivity contribution is -0.137. The number of carbonyl (C=O) groups is 1. The fourth-order valence-corrected chi connectivity index (χ4v) is 7.16. The van der Waals surface area contributed by atoms with Crippen LogP contribution < -0.4 is 0 Å². The summed E-state index contributed by atoms with van der Waals surface area (Å²) in [4.78, 5) is 25.1. The number of fused-ring (bicyclic) bond motifs is 2. The third-order valence-electron chi connectivity index (χ3n) is 7.43. The van der Waals surface area contributed by atoms with E-state index in [1.54, 1.807) is 12.1 Å². The minimum Gasteiger partial charge on any atom is -0.385 e. The summed E-state index contributed by atoms with van der Waals surface area (Å²) in [7, 11) is 0. The number of likely N-dealkylation sites (tertiary alicyclic amines) is 1. The number of nitrogens with zero attached hydrogens (tertiary/aromatic N) is 3. The lowest BCUT2D eigenvalue weighted by atomic mass is 9.76. The van der Waals surface area contributed by atoms with Crippen molar-refractivity contribution in [1.29, 1.82) is 0 Å². The Balaban J connectivity index is 1.28. The van der Waals surface area contributed by atoms with Crippen LogP contribution in [-0.4, -0.2) is 41.2 Å². The highest BCUT2D eigenvalue weighted by atomic mass is 79.9. The predicted molar refractivity (Wildman–Crippen MR) is 159 cm³/mol. The number of halogens is 4. The molecule has 2 aliphatic rings. The number of piperidine rings is 1. The molecule has 1 fully saturated rings. The van der Waals surface area contributed by atoms with Gasteiger partial charge in [0, 0.05) is 44.2 Å². The van der Waals surface area contributed by atoms with Crippen molar-refractivity contribution in [1.82, 2.24) is 9.88 Å². The molecule has 1 aliphatic carbocycles. The van der Waals surface area contributed by atoms with Gasteiger partial charge in [0.25, 0.3) is 5.91 Å². The number of oxime groups is 1. The van der Waals surface area contributed by atoms with Crippen molar-refractivity contribution in [3.8, 4) is 0 Å². The number of hydrogen-bond acceptors (Lipinski definition) is 4. The molecule has 0 spiro atoms. The van der Waals surface area contributed by atoms with Gasteiger partial charge in [0.1, 0.15) is 0 Å². The van der Waals surface area contributed by atoms with Crippen molar-refractivity contribution in [3.05, 3.63) is 95.6 Å². The van der Waals surface area contributed by atoms with Crippen LogP contribution in [0.5, 0.6) is 0 Å². The standard InChI is InChI=1S/C29H27Br2Cl2N3O2/c1-17(18-4-6-23(32)7-5-18)35-38-16-26(37)36-10-8-19(9-11-36)28-27-20(13-24(33)14-25(27)31)2-3-21-12-22(30)15-34-29(21)28/h4-7,12-15,19,28H,2-3,8-11,16H2,1H3/t28-/m1/s1. The maximum atomic E-state index is 12.9. The van der Waals surface area contributed by atoms with Crippen LogP contribution in [-0.2, 0) is 22.5 Å². The number of pyridine rings is 1. The molecule has 198 valence electrons. The Morgan fingerprint density at radius 3 is 2.50 bits per heavy atom. The molecule has 0 unspecified atom stereocenters. The summed E-state index contributed by atoms with van der Waals surface area (Å²) in [6, 6.07) is 13.6. The highest BCUT2D eigenvalue weighted by Gasteiger charge is 2.36. The predicted octanol–water partition coefficient (Wildman–Crippen LogP) is 7.82. The highest BCUT2D eigenvalue weighted by Crippen LogP contribution is 2.46. The molecule has 1 saturated heterocycles. The van der Waals surface area contributed by atoms with Crippen molar-refractivity contribution in [3.63, 3.8) is 0 Å². The van der Waals surface area contributed by atoms with Crippen LogP contribution in [0.2, 0.25) is 10.0 Å². The van der Waals surface area contributed by atoms with Gasteiger partial charge in [0.05, 0.1) is 11.4 Å². The Morgan fingerprint density at radius 1 is 1.05 bits per heavy atom. The van der Waals surface area contributed by atoms with Gasteiger partial charge < -0.3 is 9.74 Å². The first-order valence-electron chi connectivity index (χ1n) is 12.6. The van der Waals surface area contributed by atoms with Crippen LogP contribution in [0.3, 0.4) is 0 Å². The van der Waals surface area contributed by atoms with Crippen LogP contribution in [0.15, 0.2) is 62.8 Å². The zero-order valence-electron chi connectivity index (χ0n) is 20.9. The zero-order valence-corrected chi connectivity index (χ0v) is 25.6. The van der Waals surface area contributed by atoms with Crippen molar-refractivity contribution in [2.75, 3.05) is 19.7 Å². The van der Waals surface area contributed by atoms with Crippen LogP contribution in [0.1, 0.15) is 53.6 Å². The molecule has 0 bridgehead atoms. The number of carbonyl (C=O) groups excluding carboxylic acids is 1. The van der Waals surface area contributed by atoms with E-state index in [1.165, 1.54) is 16.7 Å². The van der Waals surface area contributed by atoms with E-state index in [0.29, 0.717) is 29.7 Å². The minimum atomic E-state index is -0.0790. The van der Waals surface area contributed by atoms with Gasteiger partial charge in [0.2, 0.25) is 0 Å². The number of rotatable bonds is 5. The molecule has 1 amide bonds. The van der Waals surface area contributed by atoms with E-state index in [1.807, 2.05) is 36.2 Å². The second kappa shape index (κ2) is 12.1. The molecule has 0 saturated carbocycles. The Bertz CT molecular complexity index is 1370. The second-order valence-electron chi connectivity index (χ2n) is 9.81. The number of benzene rings is 2. The van der Waals surface area contributed by atoms with Gasteiger partial charge in [-0.2, -0.15) is 0 Å². The van der Waals surface area contributed by atoms with E-state index in [-0.39, 0.29) is 18.4 Å². The van der Waals surface area contributed by atoms with Gasteiger partial charge in [0.15, 0.2) is 6.61 Å². The maximum Gasteiger partial charge on any atom is 0.263 e. The van der Waals surface area contributed by atoms with Crippen LogP contribution in [0.4, 0.5) is 0 Å². The Hall–Kier alpha value is -1.93. The van der Waals surface area contributed by atoms with Gasteiger partial charge in [-0.1, -0.05) is 56.4 Å². The first-order valence-corrected chi connectivity index (χ1v) is 15.0. The van der Waals surface area contributed by atoms with Gasteiger partial charge in [-0.15, -0.1) is 0 Å². The topological polar surface area (TPSA) is 54.8 Å². The molecule has 3 aromatic rings. The van der Waals surface area contributed by atoms with Crippen molar-refractivity contribution in [2.45, 2.75) is 38.5 Å². The fourth-order valence-electron chi connectivity index (χ4n) is 5.53. The molecular weight excluding hydrogens is 653 g/mol. The van der Waals surface area contributed by atoms with E-state index in [9.17, 15) is 4.79 Å². The molecule has 5 nitrogen and oxygen atoms in total. The van der Waals surface area contributed by atoms with E-state index >= 15 is 0 Å². The van der Waals surface area contributed by atoms with Gasteiger partial charge in [-0.3, -0.25) is 9.78 Å². The average molecular weight is 680 g/mol. The van der Waals surface area contributed by atoms with E-state index in [0.717, 1.165) is 50.9 Å². The molecular formula is C29H27Br2Cl2N3O2. The molecule has 1 aliphatic heterocycles. The Morgan fingerprint density at radius 2 is 1.76 bits per heavy atom. The summed E-state index contributed by atoms with van der Waals surface area (Å²) in [6.45, 7) is 3.12. The molecule has 0 N–H and O–H groups in total. The van der Waals surface area contributed by atoms with Gasteiger partial charge >= 0.3 is 0 Å². The molecule has 5 rings (SSSR count). The summed E-state index contributed by atoms with van der Waals surface area (Å²) < 4.78 is 2.02. The molecule has 1 atom stereocenters. The first kappa shape index (κ1) is 27.6. The third kappa shape index (κ3) is 6.11. The van der Waals surface area contributed by atoms with Crippen LogP contribution in [0.25, 0.3) is 0 Å². The van der Waals surface area contributed by atoms with Crippen LogP contribution in [0, 0.1) is 5.92 Å². The zero-order chi connectivity index (χ0) is 26.8. The summed E-state index contributed by atoms with van der Waals surface area (Å²) in [5.41, 5.74) is 6.55. The highest BCUT2D eigenvalue weighted by molar-refractivity contribution is 9.10. The van der Waals surface area contributed by atoms with Crippen molar-refractivity contribution >= 4 is 66.7 Å². The summed E-state index contributed by atoms with van der Waals surface area (Å²) in [5.74, 6) is 0.446. The molecule has 2 heterocycles. The number of aromatic nitrogens is 1. The molecule has 1 aromatic heterocycles. The summed E-state index contributed by atoms with van der Waals surface area (Å²) in [6.07, 6.45) is 5.50. The molecule has 0 radical (unpaired) electrons. The quantitative estimate of drug-likeness (QED) is 0.204. The lowest BCUT2D eigenvalue weighted by Gasteiger charge is -2.37. The smallest absolute Gasteiger partial charge is 0.263 e. The van der Waals surface area contributed by atoms with Gasteiger partial charge in [-0.25, -0.2) is 0 Å². The fraction of sp³-hybridized carbons (Fsp3) is 0.345. The number of hydrogen-bond donors (Lipinski definition) is 0. The largest absolute Gasteiger partial charge is 0.385 e. The average Bonchev–Trinajstić information content (AvgIpc) is 3.06.